The topological polar surface area (TPSA) is 58.2 Å². The average Bonchev–Trinajstić information content (AvgIpc) is 2.89. The first-order valence-electron chi connectivity index (χ1n) is 5.75. The molecule has 0 bridgehead atoms. The van der Waals surface area contributed by atoms with Gasteiger partial charge in [0.1, 0.15) is 11.6 Å². The number of aromatic nitrogens is 2. The number of rotatable bonds is 5. The van der Waals surface area contributed by atoms with E-state index in [-0.39, 0.29) is 12.5 Å². The Morgan fingerprint density at radius 2 is 2.37 bits per heavy atom. The minimum Gasteiger partial charge on any atom is -0.484 e. The highest BCUT2D eigenvalue weighted by molar-refractivity contribution is 5.77. The van der Waals surface area contributed by atoms with Gasteiger partial charge in [0.25, 0.3) is 5.91 Å². The standard InChI is InChI=1S/C13H14FN3O2/c1-17(8-10-6-15-16-7-10)13(18)9-19-12-4-2-3-11(14)5-12/h2-7H,8-9H2,1H3,(H,15,16). The van der Waals surface area contributed by atoms with Crippen LogP contribution in [0.2, 0.25) is 0 Å². The zero-order chi connectivity index (χ0) is 13.7. The number of hydrogen-bond donors (Lipinski definition) is 1. The molecule has 0 unspecified atom stereocenters. The van der Waals surface area contributed by atoms with Crippen LogP contribution in [0.4, 0.5) is 4.39 Å². The molecule has 5 nitrogen and oxygen atoms in total. The second-order valence-corrected chi connectivity index (χ2v) is 4.10. The molecule has 6 heteroatoms. The van der Waals surface area contributed by atoms with Crippen LogP contribution in [0, 0.1) is 5.82 Å². The summed E-state index contributed by atoms with van der Waals surface area (Å²) in [5.74, 6) is -0.243. The lowest BCUT2D eigenvalue weighted by molar-refractivity contribution is -0.132. The summed E-state index contributed by atoms with van der Waals surface area (Å²) >= 11 is 0. The Hall–Kier alpha value is -2.37. The molecule has 0 spiro atoms. The Morgan fingerprint density at radius 3 is 3.05 bits per heavy atom. The van der Waals surface area contributed by atoms with Crippen LogP contribution in [-0.4, -0.2) is 34.7 Å². The number of hydrogen-bond acceptors (Lipinski definition) is 3. The number of aromatic amines is 1. The fraction of sp³-hybridized carbons (Fsp3) is 0.231. The molecule has 0 aliphatic heterocycles. The van der Waals surface area contributed by atoms with Crippen LogP contribution < -0.4 is 4.74 Å². The van der Waals surface area contributed by atoms with E-state index in [4.69, 9.17) is 4.74 Å². The number of nitrogens with one attached hydrogen (secondary N) is 1. The monoisotopic (exact) mass is 263 g/mol. The molecule has 0 saturated heterocycles. The highest BCUT2D eigenvalue weighted by atomic mass is 19.1. The molecule has 1 heterocycles. The molecular weight excluding hydrogens is 249 g/mol. The van der Waals surface area contributed by atoms with Gasteiger partial charge < -0.3 is 9.64 Å². The van der Waals surface area contributed by atoms with E-state index in [1.54, 1.807) is 25.5 Å². The Labute approximate surface area is 110 Å². The summed E-state index contributed by atoms with van der Waals surface area (Å²) in [6.45, 7) is 0.319. The molecule has 0 radical (unpaired) electrons. The summed E-state index contributed by atoms with van der Waals surface area (Å²) in [6, 6.07) is 5.69. The minimum absolute atomic E-state index is 0.127. The Bertz CT molecular complexity index is 543. The molecule has 0 aliphatic carbocycles. The number of likely N-dealkylation sites (N-methyl/N-ethyl adjacent to an activating group) is 1. The summed E-state index contributed by atoms with van der Waals surface area (Å²) in [5, 5.41) is 6.48. The maximum absolute atomic E-state index is 12.9. The predicted octanol–water partition coefficient (Wildman–Crippen LogP) is 1.59. The number of halogens is 1. The fourth-order valence-electron chi connectivity index (χ4n) is 1.54. The Kier molecular flexibility index (Phi) is 4.12. The second-order valence-electron chi connectivity index (χ2n) is 4.10. The van der Waals surface area contributed by atoms with E-state index in [1.807, 2.05) is 0 Å². The smallest absolute Gasteiger partial charge is 0.260 e. The van der Waals surface area contributed by atoms with Gasteiger partial charge in [-0.15, -0.1) is 0 Å². The van der Waals surface area contributed by atoms with Crippen LogP contribution >= 0.6 is 0 Å². The van der Waals surface area contributed by atoms with Gasteiger partial charge >= 0.3 is 0 Å². The predicted molar refractivity (Wildman–Crippen MR) is 67.0 cm³/mol. The number of carbonyl (C=O) groups excluding carboxylic acids is 1. The zero-order valence-electron chi connectivity index (χ0n) is 10.5. The van der Waals surface area contributed by atoms with Gasteiger partial charge in [-0.1, -0.05) is 6.07 Å². The fourth-order valence-corrected chi connectivity index (χ4v) is 1.54. The highest BCUT2D eigenvalue weighted by Crippen LogP contribution is 2.12. The van der Waals surface area contributed by atoms with Crippen molar-refractivity contribution in [3.8, 4) is 5.75 Å². The zero-order valence-corrected chi connectivity index (χ0v) is 10.5. The summed E-state index contributed by atoms with van der Waals surface area (Å²) in [6.07, 6.45) is 3.37. The molecule has 0 aliphatic rings. The van der Waals surface area contributed by atoms with Gasteiger partial charge in [-0.2, -0.15) is 5.10 Å². The number of nitrogens with zero attached hydrogens (tertiary/aromatic N) is 2. The molecule has 1 N–H and O–H groups in total. The lowest BCUT2D eigenvalue weighted by Crippen LogP contribution is -2.30. The average molecular weight is 263 g/mol. The van der Waals surface area contributed by atoms with E-state index in [0.717, 1.165) is 5.56 Å². The number of amides is 1. The maximum atomic E-state index is 12.9. The van der Waals surface area contributed by atoms with Crippen LogP contribution in [0.1, 0.15) is 5.56 Å². The SMILES string of the molecule is CN(Cc1cn[nH]c1)C(=O)COc1cccc(F)c1. The molecule has 1 aromatic heterocycles. The van der Waals surface area contributed by atoms with Gasteiger partial charge in [0.2, 0.25) is 0 Å². The first-order chi connectivity index (χ1) is 9.15. The third-order valence-corrected chi connectivity index (χ3v) is 2.56. The number of ether oxygens (including phenoxy) is 1. The van der Waals surface area contributed by atoms with E-state index in [2.05, 4.69) is 10.2 Å². The number of H-pyrrole nitrogens is 1. The van der Waals surface area contributed by atoms with Crippen LogP contribution in [0.25, 0.3) is 0 Å². The largest absolute Gasteiger partial charge is 0.484 e. The molecule has 19 heavy (non-hydrogen) atoms. The highest BCUT2D eigenvalue weighted by Gasteiger charge is 2.10. The van der Waals surface area contributed by atoms with Gasteiger partial charge in [0, 0.05) is 31.4 Å². The van der Waals surface area contributed by atoms with Crippen molar-refractivity contribution in [3.05, 3.63) is 48.0 Å². The van der Waals surface area contributed by atoms with Crippen molar-refractivity contribution >= 4 is 5.91 Å². The van der Waals surface area contributed by atoms with Crippen molar-refractivity contribution < 1.29 is 13.9 Å². The third kappa shape index (κ3) is 3.80. The van der Waals surface area contributed by atoms with Gasteiger partial charge in [0.15, 0.2) is 6.61 Å². The van der Waals surface area contributed by atoms with Gasteiger partial charge in [0.05, 0.1) is 6.20 Å². The Balaban J connectivity index is 1.84. The quantitative estimate of drug-likeness (QED) is 0.891. The first kappa shape index (κ1) is 13.1. The van der Waals surface area contributed by atoms with Crippen molar-refractivity contribution in [3.63, 3.8) is 0 Å². The van der Waals surface area contributed by atoms with Crippen molar-refractivity contribution in [2.24, 2.45) is 0 Å². The van der Waals surface area contributed by atoms with E-state index < -0.39 is 5.82 Å². The molecule has 1 amide bonds. The third-order valence-electron chi connectivity index (χ3n) is 2.56. The number of carbonyl (C=O) groups is 1. The van der Waals surface area contributed by atoms with Crippen LogP contribution in [0.15, 0.2) is 36.7 Å². The molecule has 1 aromatic carbocycles. The van der Waals surface area contributed by atoms with Crippen molar-refractivity contribution in [1.82, 2.24) is 15.1 Å². The second kappa shape index (κ2) is 5.99. The van der Waals surface area contributed by atoms with Gasteiger partial charge in [-0.3, -0.25) is 9.89 Å². The molecule has 0 atom stereocenters. The number of benzene rings is 1. The van der Waals surface area contributed by atoms with E-state index in [9.17, 15) is 9.18 Å². The maximum Gasteiger partial charge on any atom is 0.260 e. The molecular formula is C13H14FN3O2. The molecule has 100 valence electrons. The normalized spacial score (nSPS) is 10.2. The summed E-state index contributed by atoms with van der Waals surface area (Å²) in [7, 11) is 1.67. The molecule has 0 saturated carbocycles. The van der Waals surface area contributed by atoms with Crippen LogP contribution in [-0.2, 0) is 11.3 Å². The van der Waals surface area contributed by atoms with Gasteiger partial charge in [-0.05, 0) is 12.1 Å². The molecule has 2 aromatic rings. The molecule has 0 fully saturated rings. The first-order valence-corrected chi connectivity index (χ1v) is 5.75. The van der Waals surface area contributed by atoms with Crippen LogP contribution in [0.3, 0.4) is 0 Å². The van der Waals surface area contributed by atoms with Crippen molar-refractivity contribution in [1.29, 1.82) is 0 Å². The lowest BCUT2D eigenvalue weighted by Gasteiger charge is -2.16. The van der Waals surface area contributed by atoms with E-state index in [1.165, 1.54) is 23.1 Å². The van der Waals surface area contributed by atoms with E-state index >= 15 is 0 Å². The minimum atomic E-state index is -0.392. The summed E-state index contributed by atoms with van der Waals surface area (Å²) in [4.78, 5) is 13.3. The van der Waals surface area contributed by atoms with E-state index in [0.29, 0.717) is 12.3 Å². The van der Waals surface area contributed by atoms with Crippen molar-refractivity contribution in [2.75, 3.05) is 13.7 Å². The molecule has 2 rings (SSSR count). The summed E-state index contributed by atoms with van der Waals surface area (Å²) < 4.78 is 18.2. The lowest BCUT2D eigenvalue weighted by atomic mass is 10.3. The summed E-state index contributed by atoms with van der Waals surface area (Å²) in [5.41, 5.74) is 0.904. The Morgan fingerprint density at radius 1 is 1.53 bits per heavy atom. The van der Waals surface area contributed by atoms with Crippen LogP contribution in [0.5, 0.6) is 5.75 Å². The van der Waals surface area contributed by atoms with Crippen molar-refractivity contribution in [2.45, 2.75) is 6.54 Å². The van der Waals surface area contributed by atoms with Gasteiger partial charge in [-0.25, -0.2) is 4.39 Å².